The van der Waals surface area contributed by atoms with Crippen LogP contribution in [0.3, 0.4) is 0 Å². The average Bonchev–Trinajstić information content (AvgIpc) is 2.97. The zero-order valence-corrected chi connectivity index (χ0v) is 11.4. The number of hydrogen-bond acceptors (Lipinski definition) is 6. The summed E-state index contributed by atoms with van der Waals surface area (Å²) in [6.45, 7) is 2.03. The molecule has 0 atom stereocenters. The fourth-order valence-electron chi connectivity index (χ4n) is 1.95. The Morgan fingerprint density at radius 1 is 1.33 bits per heavy atom. The van der Waals surface area contributed by atoms with Gasteiger partial charge in [0.05, 0.1) is 17.8 Å². The smallest absolute Gasteiger partial charge is 0.360 e. The second kappa shape index (κ2) is 5.62. The van der Waals surface area contributed by atoms with Crippen LogP contribution in [0, 0.1) is 0 Å². The topological polar surface area (TPSA) is 77.2 Å². The minimum Gasteiger partial charge on any atom is -0.461 e. The van der Waals surface area contributed by atoms with Crippen molar-refractivity contribution >= 4 is 28.6 Å². The molecule has 6 nitrogen and oxygen atoms in total. The van der Waals surface area contributed by atoms with Crippen molar-refractivity contribution in [1.29, 1.82) is 0 Å². The summed E-state index contributed by atoms with van der Waals surface area (Å²) in [6.07, 6.45) is 2.98. The van der Waals surface area contributed by atoms with Crippen molar-refractivity contribution < 1.29 is 13.9 Å². The van der Waals surface area contributed by atoms with Crippen LogP contribution in [0.4, 0.5) is 11.7 Å². The van der Waals surface area contributed by atoms with Crippen LogP contribution >= 0.6 is 0 Å². The van der Waals surface area contributed by atoms with Crippen LogP contribution in [0.1, 0.15) is 17.4 Å². The number of para-hydroxylation sites is 1. The number of nitrogens with zero attached hydrogens (tertiary/aromatic N) is 2. The second-order valence-electron chi connectivity index (χ2n) is 4.26. The average molecular weight is 283 g/mol. The van der Waals surface area contributed by atoms with Gasteiger partial charge in [-0.3, -0.25) is 4.98 Å². The zero-order valence-electron chi connectivity index (χ0n) is 11.4. The number of fused-ring (bicyclic) bond motifs is 1. The fourth-order valence-corrected chi connectivity index (χ4v) is 1.95. The molecule has 3 aromatic rings. The van der Waals surface area contributed by atoms with Crippen LogP contribution in [-0.2, 0) is 4.74 Å². The molecule has 6 heteroatoms. The first kappa shape index (κ1) is 13.1. The Kier molecular flexibility index (Phi) is 3.51. The highest BCUT2D eigenvalue weighted by molar-refractivity contribution is 5.91. The van der Waals surface area contributed by atoms with Crippen molar-refractivity contribution in [3.05, 3.63) is 48.5 Å². The lowest BCUT2D eigenvalue weighted by atomic mass is 10.2. The molecular formula is C15H13N3O3. The lowest BCUT2D eigenvalue weighted by Gasteiger charge is -2.05. The number of hydrogen-bond donors (Lipinski definition) is 1. The summed E-state index contributed by atoms with van der Waals surface area (Å²) in [5.41, 5.74) is 1.69. The maximum atomic E-state index is 11.5. The van der Waals surface area contributed by atoms with Crippen LogP contribution < -0.4 is 5.32 Å². The molecule has 0 radical (unpaired) electrons. The third kappa shape index (κ3) is 2.69. The highest BCUT2D eigenvalue weighted by atomic mass is 16.5. The van der Waals surface area contributed by atoms with E-state index >= 15 is 0 Å². The first-order valence-corrected chi connectivity index (χ1v) is 6.51. The Labute approximate surface area is 120 Å². The van der Waals surface area contributed by atoms with Gasteiger partial charge in [-0.25, -0.2) is 4.79 Å². The Bertz CT molecular complexity index is 777. The first-order chi connectivity index (χ1) is 10.3. The normalized spacial score (nSPS) is 10.5. The molecule has 0 saturated heterocycles. The van der Waals surface area contributed by atoms with Gasteiger partial charge in [-0.1, -0.05) is 18.2 Å². The number of oxazole rings is 1. The van der Waals surface area contributed by atoms with Crippen LogP contribution in [0.15, 0.2) is 47.2 Å². The third-order valence-corrected chi connectivity index (χ3v) is 2.86. The highest BCUT2D eigenvalue weighted by Gasteiger charge is 2.13. The molecule has 0 aliphatic carbocycles. The van der Waals surface area contributed by atoms with Crippen LogP contribution in [0.2, 0.25) is 0 Å². The molecule has 0 amide bonds. The van der Waals surface area contributed by atoms with Crippen molar-refractivity contribution in [2.24, 2.45) is 0 Å². The minimum atomic E-state index is -0.509. The number of carbonyl (C=O) groups excluding carboxylic acids is 1. The SMILES string of the molecule is CCOC(=O)c1coc(Nc2cccc3cccnc23)n1. The number of rotatable bonds is 4. The van der Waals surface area contributed by atoms with E-state index in [0.29, 0.717) is 6.61 Å². The molecule has 0 bridgehead atoms. The van der Waals surface area contributed by atoms with Crippen molar-refractivity contribution in [2.45, 2.75) is 6.92 Å². The number of ether oxygens (including phenoxy) is 1. The van der Waals surface area contributed by atoms with E-state index in [0.717, 1.165) is 16.6 Å². The van der Waals surface area contributed by atoms with E-state index in [4.69, 9.17) is 9.15 Å². The summed E-state index contributed by atoms with van der Waals surface area (Å²) in [7, 11) is 0. The van der Waals surface area contributed by atoms with E-state index in [2.05, 4.69) is 15.3 Å². The van der Waals surface area contributed by atoms with Crippen LogP contribution in [-0.4, -0.2) is 22.5 Å². The maximum Gasteiger partial charge on any atom is 0.360 e. The molecule has 3 rings (SSSR count). The molecule has 0 spiro atoms. The van der Waals surface area contributed by atoms with Crippen molar-refractivity contribution in [3.63, 3.8) is 0 Å². The molecule has 21 heavy (non-hydrogen) atoms. The number of carbonyl (C=O) groups is 1. The first-order valence-electron chi connectivity index (χ1n) is 6.51. The van der Waals surface area contributed by atoms with Crippen LogP contribution in [0.25, 0.3) is 10.9 Å². The van der Waals surface area contributed by atoms with Gasteiger partial charge in [-0.05, 0) is 19.1 Å². The number of aromatic nitrogens is 2. The number of pyridine rings is 1. The van der Waals surface area contributed by atoms with E-state index in [-0.39, 0.29) is 11.7 Å². The van der Waals surface area contributed by atoms with E-state index < -0.39 is 5.97 Å². The summed E-state index contributed by atoms with van der Waals surface area (Å²) in [5, 5.41) is 4.02. The van der Waals surface area contributed by atoms with Crippen LogP contribution in [0.5, 0.6) is 0 Å². The summed E-state index contributed by atoms with van der Waals surface area (Å²) >= 11 is 0. The number of benzene rings is 1. The van der Waals surface area contributed by atoms with Gasteiger partial charge < -0.3 is 14.5 Å². The quantitative estimate of drug-likeness (QED) is 0.741. The molecule has 2 aromatic heterocycles. The Morgan fingerprint density at radius 2 is 2.19 bits per heavy atom. The largest absolute Gasteiger partial charge is 0.461 e. The van der Waals surface area contributed by atoms with E-state index in [1.807, 2.05) is 30.3 Å². The van der Waals surface area contributed by atoms with Gasteiger partial charge in [0.1, 0.15) is 6.26 Å². The highest BCUT2D eigenvalue weighted by Crippen LogP contribution is 2.24. The van der Waals surface area contributed by atoms with E-state index in [1.54, 1.807) is 13.1 Å². The minimum absolute atomic E-state index is 0.132. The summed E-state index contributed by atoms with van der Waals surface area (Å²) in [4.78, 5) is 19.9. The molecular weight excluding hydrogens is 270 g/mol. The van der Waals surface area contributed by atoms with E-state index in [1.165, 1.54) is 6.26 Å². The van der Waals surface area contributed by atoms with Gasteiger partial charge in [-0.2, -0.15) is 4.98 Å². The molecule has 0 aliphatic heterocycles. The molecule has 2 heterocycles. The Balaban J connectivity index is 1.87. The Hall–Kier alpha value is -2.89. The summed E-state index contributed by atoms with van der Waals surface area (Å²) in [5.74, 6) is -0.509. The number of nitrogens with one attached hydrogen (secondary N) is 1. The van der Waals surface area contributed by atoms with Gasteiger partial charge in [0, 0.05) is 11.6 Å². The van der Waals surface area contributed by atoms with Crippen molar-refractivity contribution in [2.75, 3.05) is 11.9 Å². The van der Waals surface area contributed by atoms with Gasteiger partial charge in [0.2, 0.25) is 0 Å². The number of anilines is 2. The molecule has 106 valence electrons. The lowest BCUT2D eigenvalue weighted by Crippen LogP contribution is -2.05. The molecule has 1 aromatic carbocycles. The Morgan fingerprint density at radius 3 is 3.05 bits per heavy atom. The van der Waals surface area contributed by atoms with Crippen molar-refractivity contribution in [1.82, 2.24) is 9.97 Å². The fraction of sp³-hybridized carbons (Fsp3) is 0.133. The third-order valence-electron chi connectivity index (χ3n) is 2.86. The lowest BCUT2D eigenvalue weighted by molar-refractivity contribution is 0.0519. The molecule has 0 unspecified atom stereocenters. The van der Waals surface area contributed by atoms with Gasteiger partial charge in [0.25, 0.3) is 6.01 Å². The predicted octanol–water partition coefficient (Wildman–Crippen LogP) is 3.14. The zero-order chi connectivity index (χ0) is 14.7. The molecule has 0 aliphatic rings. The predicted molar refractivity (Wildman–Crippen MR) is 77.5 cm³/mol. The molecule has 0 fully saturated rings. The number of esters is 1. The standard InChI is InChI=1S/C15H13N3O3/c1-2-20-14(19)12-9-21-15(18-12)17-11-7-3-5-10-6-4-8-16-13(10)11/h3-9H,2H2,1H3,(H,17,18). The van der Waals surface area contributed by atoms with Crippen molar-refractivity contribution in [3.8, 4) is 0 Å². The summed E-state index contributed by atoms with van der Waals surface area (Å²) in [6, 6.07) is 9.79. The summed E-state index contributed by atoms with van der Waals surface area (Å²) < 4.78 is 10.1. The molecule has 0 saturated carbocycles. The van der Waals surface area contributed by atoms with E-state index in [9.17, 15) is 4.79 Å². The van der Waals surface area contributed by atoms with Gasteiger partial charge in [-0.15, -0.1) is 0 Å². The monoisotopic (exact) mass is 283 g/mol. The second-order valence-corrected chi connectivity index (χ2v) is 4.26. The molecule has 1 N–H and O–H groups in total. The maximum absolute atomic E-state index is 11.5. The van der Waals surface area contributed by atoms with Gasteiger partial charge in [0.15, 0.2) is 5.69 Å². The van der Waals surface area contributed by atoms with Gasteiger partial charge >= 0.3 is 5.97 Å².